The summed E-state index contributed by atoms with van der Waals surface area (Å²) in [5, 5.41) is 14.7. The normalized spacial score (nSPS) is 52.7. The van der Waals surface area contributed by atoms with E-state index in [-0.39, 0.29) is 11.1 Å². The van der Waals surface area contributed by atoms with Crippen molar-refractivity contribution in [2.75, 3.05) is 0 Å². The van der Waals surface area contributed by atoms with E-state index in [1.165, 1.54) is 12.8 Å². The minimum absolute atomic E-state index is 0.164. The molecule has 4 bridgehead atoms. The summed E-state index contributed by atoms with van der Waals surface area (Å²) in [4.78, 5) is 0. The van der Waals surface area contributed by atoms with Crippen LogP contribution in [-0.4, -0.2) is 22.3 Å². The molecular formula is C18H27NO. The van der Waals surface area contributed by atoms with Gasteiger partial charge in [0.05, 0.1) is 5.60 Å². The van der Waals surface area contributed by atoms with Crippen LogP contribution >= 0.6 is 0 Å². The van der Waals surface area contributed by atoms with Crippen LogP contribution < -0.4 is 5.32 Å². The van der Waals surface area contributed by atoms with Crippen LogP contribution in [0.15, 0.2) is 24.3 Å². The molecule has 0 heterocycles. The largest absolute Gasteiger partial charge is 0.390 e. The summed E-state index contributed by atoms with van der Waals surface area (Å²) in [5.41, 5.74) is -0.145. The number of hydrogen-bond donors (Lipinski definition) is 2. The molecule has 5 aliphatic carbocycles. The number of nitrogens with one attached hydrogen (secondary N) is 1. The molecule has 0 aromatic heterocycles. The summed E-state index contributed by atoms with van der Waals surface area (Å²) in [6.07, 6.45) is 17.1. The molecule has 2 nitrogen and oxygen atoms in total. The van der Waals surface area contributed by atoms with Crippen molar-refractivity contribution in [3.05, 3.63) is 24.3 Å². The molecule has 0 saturated heterocycles. The zero-order chi connectivity index (χ0) is 13.8. The van der Waals surface area contributed by atoms with Gasteiger partial charge in [-0.1, -0.05) is 31.2 Å². The van der Waals surface area contributed by atoms with Crippen molar-refractivity contribution in [1.82, 2.24) is 5.32 Å². The molecule has 4 saturated carbocycles. The maximum atomic E-state index is 10.7. The second-order valence-electron chi connectivity index (χ2n) is 7.87. The molecule has 0 amide bonds. The van der Waals surface area contributed by atoms with E-state index in [9.17, 15) is 5.11 Å². The van der Waals surface area contributed by atoms with Gasteiger partial charge in [0.2, 0.25) is 0 Å². The van der Waals surface area contributed by atoms with Gasteiger partial charge in [-0.15, -0.1) is 0 Å². The van der Waals surface area contributed by atoms with E-state index in [0.717, 1.165) is 38.0 Å². The highest BCUT2D eigenvalue weighted by atomic mass is 16.3. The molecule has 2 N–H and O–H groups in total. The molecule has 0 aliphatic heterocycles. The SMILES string of the molecule is CC[C@@]1(NC2C3CC4CC2CC(O)(C4)C3)C=CC=CC1. The molecule has 0 aromatic rings. The topological polar surface area (TPSA) is 32.3 Å². The standard InChI is InChI=1S/C18H27NO/c1-2-17(6-4-3-5-7-17)19-16-14-8-13-9-15(16)12-18(20,10-13)11-14/h3-6,13-16,19-20H,2,7-12H2,1H3/t13?,14?,15?,16?,17-,18?/m1/s1. The first-order valence-electron chi connectivity index (χ1n) is 8.46. The van der Waals surface area contributed by atoms with Crippen molar-refractivity contribution < 1.29 is 5.11 Å². The predicted octanol–water partition coefficient (Wildman–Crippen LogP) is 3.18. The van der Waals surface area contributed by atoms with Gasteiger partial charge in [-0.25, -0.2) is 0 Å². The zero-order valence-electron chi connectivity index (χ0n) is 12.5. The molecule has 0 spiro atoms. The first-order valence-corrected chi connectivity index (χ1v) is 8.46. The maximum Gasteiger partial charge on any atom is 0.0657 e. The second-order valence-corrected chi connectivity index (χ2v) is 7.87. The summed E-state index contributed by atoms with van der Waals surface area (Å²) in [5.74, 6) is 2.21. The molecule has 0 radical (unpaired) electrons. The minimum Gasteiger partial charge on any atom is -0.390 e. The third kappa shape index (κ3) is 2.00. The number of hydrogen-bond acceptors (Lipinski definition) is 2. The Morgan fingerprint density at radius 2 is 1.90 bits per heavy atom. The molecule has 5 rings (SSSR count). The first-order chi connectivity index (χ1) is 9.61. The van der Waals surface area contributed by atoms with Crippen molar-refractivity contribution in [1.29, 1.82) is 0 Å². The third-order valence-electron chi connectivity index (χ3n) is 6.47. The molecule has 4 fully saturated rings. The van der Waals surface area contributed by atoms with E-state index in [2.05, 4.69) is 36.5 Å². The van der Waals surface area contributed by atoms with E-state index in [1.807, 2.05) is 0 Å². The lowest BCUT2D eigenvalue weighted by molar-refractivity contribution is -0.141. The fourth-order valence-corrected chi connectivity index (χ4v) is 5.68. The van der Waals surface area contributed by atoms with Crippen LogP contribution in [0.2, 0.25) is 0 Å². The Kier molecular flexibility index (Phi) is 2.91. The highest BCUT2D eigenvalue weighted by Gasteiger charge is 2.55. The summed E-state index contributed by atoms with van der Waals surface area (Å²) >= 11 is 0. The Balaban J connectivity index is 1.55. The van der Waals surface area contributed by atoms with Gasteiger partial charge < -0.3 is 10.4 Å². The van der Waals surface area contributed by atoms with Gasteiger partial charge in [0, 0.05) is 11.6 Å². The monoisotopic (exact) mass is 273 g/mol. The van der Waals surface area contributed by atoms with Crippen LogP contribution in [0.4, 0.5) is 0 Å². The van der Waals surface area contributed by atoms with Crippen molar-refractivity contribution in [2.24, 2.45) is 17.8 Å². The summed E-state index contributed by atoms with van der Waals surface area (Å²) in [7, 11) is 0. The van der Waals surface area contributed by atoms with Crippen molar-refractivity contribution in [3.8, 4) is 0 Å². The lowest BCUT2D eigenvalue weighted by Crippen LogP contribution is -2.64. The summed E-state index contributed by atoms with van der Waals surface area (Å²) in [6, 6.07) is 0.628. The van der Waals surface area contributed by atoms with E-state index in [0.29, 0.717) is 17.9 Å². The second kappa shape index (κ2) is 4.45. The lowest BCUT2D eigenvalue weighted by atomic mass is 9.52. The van der Waals surface area contributed by atoms with Gasteiger partial charge in [0.1, 0.15) is 0 Å². The first kappa shape index (κ1) is 13.1. The molecule has 5 aliphatic rings. The van der Waals surface area contributed by atoms with Crippen LogP contribution in [0.1, 0.15) is 51.9 Å². The molecule has 2 unspecified atom stereocenters. The fourth-order valence-electron chi connectivity index (χ4n) is 5.68. The Morgan fingerprint density at radius 3 is 2.45 bits per heavy atom. The summed E-state index contributed by atoms with van der Waals surface area (Å²) < 4.78 is 0. The molecular weight excluding hydrogens is 246 g/mol. The predicted molar refractivity (Wildman–Crippen MR) is 81.3 cm³/mol. The van der Waals surface area contributed by atoms with E-state index < -0.39 is 0 Å². The van der Waals surface area contributed by atoms with Gasteiger partial charge in [-0.3, -0.25) is 0 Å². The average Bonchev–Trinajstić information content (AvgIpc) is 2.42. The van der Waals surface area contributed by atoms with Crippen LogP contribution in [0.25, 0.3) is 0 Å². The van der Waals surface area contributed by atoms with Crippen molar-refractivity contribution >= 4 is 0 Å². The summed E-state index contributed by atoms with van der Waals surface area (Å²) in [6.45, 7) is 2.29. The molecule has 0 aromatic carbocycles. The van der Waals surface area contributed by atoms with Gasteiger partial charge in [-0.05, 0) is 62.7 Å². The van der Waals surface area contributed by atoms with E-state index in [4.69, 9.17) is 0 Å². The molecule has 3 atom stereocenters. The number of aliphatic hydroxyl groups is 1. The van der Waals surface area contributed by atoms with Gasteiger partial charge in [0.25, 0.3) is 0 Å². The lowest BCUT2D eigenvalue weighted by Gasteiger charge is -2.59. The Hall–Kier alpha value is -0.600. The Labute approximate surface area is 122 Å². The highest BCUT2D eigenvalue weighted by molar-refractivity contribution is 5.22. The Morgan fingerprint density at radius 1 is 1.15 bits per heavy atom. The van der Waals surface area contributed by atoms with Crippen LogP contribution in [0, 0.1) is 17.8 Å². The van der Waals surface area contributed by atoms with Gasteiger partial charge >= 0.3 is 0 Å². The van der Waals surface area contributed by atoms with E-state index in [1.54, 1.807) is 0 Å². The maximum absolute atomic E-state index is 10.7. The van der Waals surface area contributed by atoms with Gasteiger partial charge in [0.15, 0.2) is 0 Å². The minimum atomic E-state index is -0.309. The van der Waals surface area contributed by atoms with Crippen molar-refractivity contribution in [3.63, 3.8) is 0 Å². The molecule has 2 heteroatoms. The van der Waals surface area contributed by atoms with Crippen LogP contribution in [-0.2, 0) is 0 Å². The average molecular weight is 273 g/mol. The van der Waals surface area contributed by atoms with Crippen LogP contribution in [0.5, 0.6) is 0 Å². The smallest absolute Gasteiger partial charge is 0.0657 e. The fraction of sp³-hybridized carbons (Fsp3) is 0.778. The molecule has 20 heavy (non-hydrogen) atoms. The number of rotatable bonds is 3. The quantitative estimate of drug-likeness (QED) is 0.828. The zero-order valence-corrected chi connectivity index (χ0v) is 12.5. The third-order valence-corrected chi connectivity index (χ3v) is 6.47. The number of allylic oxidation sites excluding steroid dienone is 2. The van der Waals surface area contributed by atoms with Crippen LogP contribution in [0.3, 0.4) is 0 Å². The highest BCUT2D eigenvalue weighted by Crippen LogP contribution is 2.56. The van der Waals surface area contributed by atoms with Gasteiger partial charge in [-0.2, -0.15) is 0 Å². The Bertz CT molecular complexity index is 438. The van der Waals surface area contributed by atoms with E-state index >= 15 is 0 Å². The van der Waals surface area contributed by atoms with Crippen molar-refractivity contribution in [2.45, 2.75) is 69.1 Å². The molecule has 110 valence electrons.